The van der Waals surface area contributed by atoms with Gasteiger partial charge < -0.3 is 26.2 Å². The van der Waals surface area contributed by atoms with Gasteiger partial charge >= 0.3 is 0 Å². The molecule has 9 heteroatoms. The topological polar surface area (TPSA) is 120 Å². The molecule has 0 aromatic carbocycles. The molecule has 9 nitrogen and oxygen atoms in total. The Balaban J connectivity index is -0.000000415. The third-order valence-corrected chi connectivity index (χ3v) is 4.82. The van der Waals surface area contributed by atoms with Crippen LogP contribution in [0.5, 0.6) is 0 Å². The monoisotopic (exact) mass is 473 g/mol. The molecule has 2 atom stereocenters. The van der Waals surface area contributed by atoms with E-state index in [1.54, 1.807) is 14.1 Å². The summed E-state index contributed by atoms with van der Waals surface area (Å²) >= 11 is 0. The van der Waals surface area contributed by atoms with Crippen LogP contribution in [0, 0.1) is 0 Å². The van der Waals surface area contributed by atoms with E-state index in [0.717, 1.165) is 45.8 Å². The Kier molecular flexibility index (Phi) is 27.4. The highest BCUT2D eigenvalue weighted by atomic mass is 16.1. The van der Waals surface area contributed by atoms with Crippen molar-refractivity contribution in [3.8, 4) is 0 Å². The molecular weight excluding hydrogens is 422 g/mol. The molecule has 0 saturated carbocycles. The van der Waals surface area contributed by atoms with Gasteiger partial charge in [0.1, 0.15) is 23.1 Å². The van der Waals surface area contributed by atoms with Gasteiger partial charge in [0.15, 0.2) is 0 Å². The van der Waals surface area contributed by atoms with Crippen molar-refractivity contribution in [1.82, 2.24) is 26.2 Å². The summed E-state index contributed by atoms with van der Waals surface area (Å²) in [6.07, 6.45) is 0.595. The molecule has 0 amide bonds. The molecule has 0 aliphatic heterocycles. The van der Waals surface area contributed by atoms with Gasteiger partial charge in [0.25, 0.3) is 0 Å². The first-order valence-corrected chi connectivity index (χ1v) is 12.0. The Morgan fingerprint density at radius 3 is 1.15 bits per heavy atom. The van der Waals surface area contributed by atoms with E-state index in [-0.39, 0.29) is 35.2 Å². The van der Waals surface area contributed by atoms with Crippen LogP contribution in [-0.2, 0) is 19.2 Å². The molecule has 0 bridgehead atoms. The quantitative estimate of drug-likeness (QED) is 0.228. The maximum Gasteiger partial charge on any atom is 0.147 e. The number of nitrogens with zero attached hydrogens (tertiary/aromatic N) is 1. The van der Waals surface area contributed by atoms with Gasteiger partial charge in [-0.15, -0.1) is 0 Å². The molecule has 0 saturated heterocycles. The number of likely N-dealkylation sites (N-methyl/N-ethyl adjacent to an activating group) is 5. The zero-order chi connectivity index (χ0) is 26.2. The fourth-order valence-corrected chi connectivity index (χ4v) is 2.73. The lowest BCUT2D eigenvalue weighted by molar-refractivity contribution is -0.123. The lowest BCUT2D eigenvalue weighted by atomic mass is 10.1. The Bertz CT molecular complexity index is 485. The van der Waals surface area contributed by atoms with Gasteiger partial charge in [0.2, 0.25) is 0 Å². The minimum Gasteiger partial charge on any atom is -0.316 e. The van der Waals surface area contributed by atoms with Crippen LogP contribution in [-0.4, -0.2) is 100 Å². The lowest BCUT2D eigenvalue weighted by Gasteiger charge is -2.20. The standard InChI is InChI=1S/C10H25N3.2C7H13NO2/c1-4-11-7-9-13(6-3)10-8-12-5-2;2*1-5(9)4-7(8-3)6(2)10/h11-12H,4-10H2,1-3H3;2*7-8H,4H2,1-3H3. The van der Waals surface area contributed by atoms with Gasteiger partial charge in [0.05, 0.1) is 12.1 Å². The molecule has 0 spiro atoms. The normalized spacial score (nSPS) is 12.1. The van der Waals surface area contributed by atoms with Gasteiger partial charge in [-0.3, -0.25) is 19.2 Å². The van der Waals surface area contributed by atoms with Gasteiger partial charge in [-0.25, -0.2) is 0 Å². The van der Waals surface area contributed by atoms with E-state index in [4.69, 9.17) is 0 Å². The van der Waals surface area contributed by atoms with Crippen LogP contribution in [0.25, 0.3) is 0 Å². The van der Waals surface area contributed by atoms with Crippen LogP contribution in [0.4, 0.5) is 0 Å². The third kappa shape index (κ3) is 26.6. The third-order valence-electron chi connectivity index (χ3n) is 4.82. The van der Waals surface area contributed by atoms with Crippen molar-refractivity contribution in [2.75, 3.05) is 59.9 Å². The van der Waals surface area contributed by atoms with Gasteiger partial charge in [-0.05, 0) is 61.4 Å². The van der Waals surface area contributed by atoms with Crippen LogP contribution in [0.1, 0.15) is 61.3 Å². The summed E-state index contributed by atoms with van der Waals surface area (Å²) in [6.45, 7) is 20.3. The summed E-state index contributed by atoms with van der Waals surface area (Å²) in [5.41, 5.74) is 0. The second-order valence-electron chi connectivity index (χ2n) is 7.86. The molecule has 0 fully saturated rings. The van der Waals surface area contributed by atoms with Crippen molar-refractivity contribution < 1.29 is 19.2 Å². The highest BCUT2D eigenvalue weighted by Gasteiger charge is 2.13. The summed E-state index contributed by atoms with van der Waals surface area (Å²) in [5.74, 6) is 0.0968. The van der Waals surface area contributed by atoms with E-state index < -0.39 is 0 Å². The first kappa shape index (κ1) is 36.1. The number of carbonyl (C=O) groups excluding carboxylic acids is 4. The molecule has 4 N–H and O–H groups in total. The predicted molar refractivity (Wildman–Crippen MR) is 137 cm³/mol. The molecular formula is C24H51N5O4. The lowest BCUT2D eigenvalue weighted by Crippen LogP contribution is -2.36. The molecule has 33 heavy (non-hydrogen) atoms. The summed E-state index contributed by atoms with van der Waals surface area (Å²) in [6, 6.07) is -0.588. The van der Waals surface area contributed by atoms with Crippen LogP contribution >= 0.6 is 0 Å². The summed E-state index contributed by atoms with van der Waals surface area (Å²) in [5, 5.41) is 12.2. The molecule has 0 aromatic rings. The number of ketones is 4. The first-order chi connectivity index (χ1) is 15.5. The number of Topliss-reactive ketones (excluding diaryl/α,β-unsaturated/α-hetero) is 4. The number of carbonyl (C=O) groups is 4. The van der Waals surface area contributed by atoms with E-state index in [9.17, 15) is 19.2 Å². The van der Waals surface area contributed by atoms with Crippen molar-refractivity contribution in [2.24, 2.45) is 0 Å². The Morgan fingerprint density at radius 1 is 0.667 bits per heavy atom. The maximum atomic E-state index is 10.7. The maximum absolute atomic E-state index is 10.7. The van der Waals surface area contributed by atoms with E-state index in [0.29, 0.717) is 12.8 Å². The molecule has 0 aliphatic rings. The summed E-state index contributed by atoms with van der Waals surface area (Å²) in [4.78, 5) is 44.9. The summed E-state index contributed by atoms with van der Waals surface area (Å²) < 4.78 is 0. The highest BCUT2D eigenvalue weighted by molar-refractivity contribution is 5.88. The fourth-order valence-electron chi connectivity index (χ4n) is 2.73. The minimum absolute atomic E-state index is 0.0118. The Hall–Kier alpha value is -1.52. The number of hydrogen-bond donors (Lipinski definition) is 4. The van der Waals surface area contributed by atoms with Crippen LogP contribution in [0.3, 0.4) is 0 Å². The largest absolute Gasteiger partial charge is 0.316 e. The molecule has 0 heterocycles. The molecule has 196 valence electrons. The molecule has 0 aliphatic carbocycles. The van der Waals surface area contributed by atoms with E-state index in [2.05, 4.69) is 46.9 Å². The van der Waals surface area contributed by atoms with Gasteiger partial charge in [0, 0.05) is 39.0 Å². The Labute approximate surface area is 202 Å². The van der Waals surface area contributed by atoms with Crippen molar-refractivity contribution in [3.63, 3.8) is 0 Å². The van der Waals surface area contributed by atoms with E-state index >= 15 is 0 Å². The zero-order valence-corrected chi connectivity index (χ0v) is 22.6. The van der Waals surface area contributed by atoms with Crippen LogP contribution in [0.2, 0.25) is 0 Å². The summed E-state index contributed by atoms with van der Waals surface area (Å²) in [7, 11) is 3.35. The molecule has 0 aromatic heterocycles. The van der Waals surface area contributed by atoms with E-state index in [1.165, 1.54) is 27.7 Å². The Morgan fingerprint density at radius 2 is 1.00 bits per heavy atom. The molecule has 0 radical (unpaired) electrons. The van der Waals surface area contributed by atoms with Crippen LogP contribution < -0.4 is 21.3 Å². The van der Waals surface area contributed by atoms with Gasteiger partial charge in [-0.1, -0.05) is 20.8 Å². The van der Waals surface area contributed by atoms with E-state index in [1.807, 2.05) is 0 Å². The highest BCUT2D eigenvalue weighted by Crippen LogP contribution is 1.93. The molecule has 2 unspecified atom stereocenters. The number of rotatable bonds is 17. The zero-order valence-electron chi connectivity index (χ0n) is 22.6. The fraction of sp³-hybridized carbons (Fsp3) is 0.833. The second-order valence-corrected chi connectivity index (χ2v) is 7.86. The number of hydrogen-bond acceptors (Lipinski definition) is 9. The van der Waals surface area contributed by atoms with Crippen molar-refractivity contribution in [2.45, 2.75) is 73.4 Å². The SMILES string of the molecule is CCNCCN(CC)CCNCC.CNC(CC(C)=O)C(C)=O.CNC(CC(C)=O)C(C)=O. The number of nitrogens with one attached hydrogen (secondary N) is 4. The smallest absolute Gasteiger partial charge is 0.147 e. The van der Waals surface area contributed by atoms with Crippen molar-refractivity contribution in [3.05, 3.63) is 0 Å². The minimum atomic E-state index is -0.294. The van der Waals surface area contributed by atoms with Crippen molar-refractivity contribution >= 4 is 23.1 Å². The average Bonchev–Trinajstić information content (AvgIpc) is 2.75. The van der Waals surface area contributed by atoms with Crippen molar-refractivity contribution in [1.29, 1.82) is 0 Å². The average molecular weight is 474 g/mol. The van der Waals surface area contributed by atoms with Crippen LogP contribution in [0.15, 0.2) is 0 Å². The predicted octanol–water partition coefficient (Wildman–Crippen LogP) is 0.812. The van der Waals surface area contributed by atoms with Gasteiger partial charge in [-0.2, -0.15) is 0 Å². The first-order valence-electron chi connectivity index (χ1n) is 12.0. The second kappa shape index (κ2) is 25.1. The molecule has 0 rings (SSSR count).